The Balaban J connectivity index is 1.14. The maximum absolute atomic E-state index is 4.32. The van der Waals surface area contributed by atoms with Crippen molar-refractivity contribution in [2.45, 2.75) is 0 Å². The van der Waals surface area contributed by atoms with Crippen LogP contribution in [0.2, 0.25) is 0 Å². The fourth-order valence-electron chi connectivity index (χ4n) is 7.71. The summed E-state index contributed by atoms with van der Waals surface area (Å²) in [6, 6.07) is 51.0. The molecule has 0 atom stereocenters. The molecule has 0 saturated heterocycles. The first-order valence-electron chi connectivity index (χ1n) is 16.9. The topological polar surface area (TPSA) is 38.7 Å². The van der Waals surface area contributed by atoms with Crippen molar-refractivity contribution in [2.24, 2.45) is 0 Å². The highest BCUT2D eigenvalue weighted by Crippen LogP contribution is 2.44. The molecule has 0 spiro atoms. The van der Waals surface area contributed by atoms with Crippen molar-refractivity contribution >= 4 is 43.1 Å². The van der Waals surface area contributed by atoms with E-state index in [1.807, 2.05) is 37.2 Å². The number of fused-ring (bicyclic) bond motifs is 1. The van der Waals surface area contributed by atoms with Gasteiger partial charge in [-0.1, -0.05) is 91.0 Å². The highest BCUT2D eigenvalue weighted by Gasteiger charge is 2.16. The van der Waals surface area contributed by atoms with Gasteiger partial charge in [-0.15, -0.1) is 0 Å². The fourth-order valence-corrected chi connectivity index (χ4v) is 7.71. The first-order chi connectivity index (χ1) is 24.8. The summed E-state index contributed by atoms with van der Waals surface area (Å²) in [6.45, 7) is 0. The Kier molecular flexibility index (Phi) is 6.49. The van der Waals surface area contributed by atoms with E-state index >= 15 is 0 Å². The van der Waals surface area contributed by atoms with E-state index in [2.05, 4.69) is 154 Å². The van der Waals surface area contributed by atoms with Crippen LogP contribution in [0.4, 0.5) is 0 Å². The van der Waals surface area contributed by atoms with Crippen LogP contribution in [-0.4, -0.2) is 15.0 Å². The molecule has 232 valence electrons. The zero-order valence-corrected chi connectivity index (χ0v) is 27.1. The van der Waals surface area contributed by atoms with E-state index in [0.717, 1.165) is 27.6 Å². The molecule has 0 amide bonds. The Morgan fingerprint density at radius 2 is 0.760 bits per heavy atom. The van der Waals surface area contributed by atoms with Gasteiger partial charge in [-0.05, 0) is 142 Å². The van der Waals surface area contributed by atoms with E-state index in [0.29, 0.717) is 0 Å². The molecule has 0 N–H and O–H groups in total. The third-order valence-corrected chi connectivity index (χ3v) is 10.1. The van der Waals surface area contributed by atoms with Gasteiger partial charge in [0.15, 0.2) is 0 Å². The first kappa shape index (κ1) is 28.3. The van der Waals surface area contributed by atoms with Gasteiger partial charge in [0.1, 0.15) is 0 Å². The first-order valence-corrected chi connectivity index (χ1v) is 16.9. The molecule has 10 aromatic rings. The lowest BCUT2D eigenvalue weighted by Gasteiger charge is -2.18. The third-order valence-electron chi connectivity index (χ3n) is 10.1. The van der Waals surface area contributed by atoms with E-state index < -0.39 is 0 Å². The van der Waals surface area contributed by atoms with Gasteiger partial charge in [0.05, 0.1) is 0 Å². The lowest BCUT2D eigenvalue weighted by atomic mass is 9.86. The minimum atomic E-state index is 1.14. The van der Waals surface area contributed by atoms with Crippen molar-refractivity contribution in [1.82, 2.24) is 15.0 Å². The second-order valence-electron chi connectivity index (χ2n) is 12.9. The standard InChI is InChI=1S/C47H29N3/c1-2-36-29-50-25-20-43(36)40(3-1)32-4-6-33(7-5-32)41-12-10-34-8-9-35-11-13-42(45-15-14-44(41)46(34)47(35)45)39-27-37(30-16-21-48-22-17-30)26-38(28-39)31-18-23-49-24-19-31/h1-29H. The molecule has 0 unspecified atom stereocenters. The molecule has 0 bridgehead atoms. The van der Waals surface area contributed by atoms with Crippen LogP contribution in [0.1, 0.15) is 0 Å². The largest absolute Gasteiger partial charge is 0.265 e. The molecule has 3 heteroatoms. The number of nitrogens with zero attached hydrogens (tertiary/aromatic N) is 3. The van der Waals surface area contributed by atoms with Crippen molar-refractivity contribution in [3.05, 3.63) is 177 Å². The normalized spacial score (nSPS) is 11.6. The monoisotopic (exact) mass is 635 g/mol. The number of rotatable bonds is 5. The van der Waals surface area contributed by atoms with Gasteiger partial charge in [0.2, 0.25) is 0 Å². The number of hydrogen-bond acceptors (Lipinski definition) is 3. The number of benzene rings is 7. The van der Waals surface area contributed by atoms with Crippen LogP contribution in [-0.2, 0) is 0 Å². The molecule has 0 radical (unpaired) electrons. The zero-order chi connectivity index (χ0) is 33.0. The Morgan fingerprint density at radius 1 is 0.280 bits per heavy atom. The van der Waals surface area contributed by atoms with Crippen LogP contribution in [0.3, 0.4) is 0 Å². The molecule has 0 aliphatic rings. The molecule has 50 heavy (non-hydrogen) atoms. The van der Waals surface area contributed by atoms with Gasteiger partial charge >= 0.3 is 0 Å². The van der Waals surface area contributed by atoms with E-state index in [4.69, 9.17) is 0 Å². The second kappa shape index (κ2) is 11.5. The van der Waals surface area contributed by atoms with E-state index in [9.17, 15) is 0 Å². The Labute approximate surface area is 289 Å². The highest BCUT2D eigenvalue weighted by atomic mass is 14.6. The Hall–Kier alpha value is -6.71. The third kappa shape index (κ3) is 4.63. The minimum absolute atomic E-state index is 1.14. The van der Waals surface area contributed by atoms with Crippen LogP contribution in [0.25, 0.3) is 98.7 Å². The van der Waals surface area contributed by atoms with Crippen molar-refractivity contribution < 1.29 is 0 Å². The van der Waals surface area contributed by atoms with Crippen LogP contribution in [0, 0.1) is 0 Å². The highest BCUT2D eigenvalue weighted by molar-refractivity contribution is 6.27. The summed E-state index contributed by atoms with van der Waals surface area (Å²) in [7, 11) is 0. The summed E-state index contributed by atoms with van der Waals surface area (Å²) in [4.78, 5) is 12.9. The molecule has 10 rings (SSSR count). The van der Waals surface area contributed by atoms with Crippen LogP contribution in [0.15, 0.2) is 177 Å². The smallest absolute Gasteiger partial charge is 0.0346 e. The quantitative estimate of drug-likeness (QED) is 0.177. The molecule has 0 aliphatic carbocycles. The molecule has 0 saturated carbocycles. The predicted molar refractivity (Wildman–Crippen MR) is 208 cm³/mol. The number of hydrogen-bond donors (Lipinski definition) is 0. The maximum Gasteiger partial charge on any atom is 0.0346 e. The van der Waals surface area contributed by atoms with Gasteiger partial charge in [-0.2, -0.15) is 0 Å². The van der Waals surface area contributed by atoms with Crippen LogP contribution >= 0.6 is 0 Å². The summed E-state index contributed by atoms with van der Waals surface area (Å²) >= 11 is 0. The van der Waals surface area contributed by atoms with Crippen LogP contribution in [0.5, 0.6) is 0 Å². The lowest BCUT2D eigenvalue weighted by molar-refractivity contribution is 1.33. The summed E-state index contributed by atoms with van der Waals surface area (Å²) in [5.41, 5.74) is 11.9. The summed E-state index contributed by atoms with van der Waals surface area (Å²) in [6.07, 6.45) is 11.2. The van der Waals surface area contributed by atoms with Gasteiger partial charge in [0.25, 0.3) is 0 Å². The predicted octanol–water partition coefficient (Wildman–Crippen LogP) is 12.3. The molecule has 3 aromatic heterocycles. The number of pyridine rings is 3. The lowest BCUT2D eigenvalue weighted by Crippen LogP contribution is -1.91. The molecule has 0 aliphatic heterocycles. The second-order valence-corrected chi connectivity index (χ2v) is 12.9. The molecule has 7 aromatic carbocycles. The number of aromatic nitrogens is 3. The Morgan fingerprint density at radius 3 is 1.34 bits per heavy atom. The van der Waals surface area contributed by atoms with Crippen molar-refractivity contribution in [3.63, 3.8) is 0 Å². The molecule has 0 fully saturated rings. The van der Waals surface area contributed by atoms with Gasteiger partial charge in [-0.3, -0.25) is 15.0 Å². The van der Waals surface area contributed by atoms with Gasteiger partial charge in [-0.25, -0.2) is 0 Å². The SMILES string of the molecule is c1cc(-c2ccc(-c3ccc4ccc5ccc(-c6cc(-c7ccncc7)cc(-c7ccncc7)c6)c6ccc3c4c56)cc2)c2ccncc2c1. The Bertz CT molecular complexity index is 2780. The van der Waals surface area contributed by atoms with Gasteiger partial charge < -0.3 is 0 Å². The minimum Gasteiger partial charge on any atom is -0.265 e. The van der Waals surface area contributed by atoms with Crippen LogP contribution < -0.4 is 0 Å². The molecule has 3 heterocycles. The summed E-state index contributed by atoms with van der Waals surface area (Å²) in [5.74, 6) is 0. The average molecular weight is 636 g/mol. The molecule has 3 nitrogen and oxygen atoms in total. The van der Waals surface area contributed by atoms with E-state index in [1.165, 1.54) is 71.1 Å². The van der Waals surface area contributed by atoms with E-state index in [1.54, 1.807) is 0 Å². The summed E-state index contributed by atoms with van der Waals surface area (Å²) in [5, 5.41) is 10.0. The van der Waals surface area contributed by atoms with Crippen molar-refractivity contribution in [2.75, 3.05) is 0 Å². The van der Waals surface area contributed by atoms with Crippen molar-refractivity contribution in [1.29, 1.82) is 0 Å². The van der Waals surface area contributed by atoms with Gasteiger partial charge in [0, 0.05) is 42.6 Å². The summed E-state index contributed by atoms with van der Waals surface area (Å²) < 4.78 is 0. The molecular weight excluding hydrogens is 607 g/mol. The van der Waals surface area contributed by atoms with E-state index in [-0.39, 0.29) is 0 Å². The maximum atomic E-state index is 4.32. The van der Waals surface area contributed by atoms with Crippen molar-refractivity contribution in [3.8, 4) is 55.6 Å². The zero-order valence-electron chi connectivity index (χ0n) is 27.1. The molecular formula is C47H29N3. The fraction of sp³-hybridized carbons (Fsp3) is 0. The average Bonchev–Trinajstić information content (AvgIpc) is 3.20.